The summed E-state index contributed by atoms with van der Waals surface area (Å²) in [7, 11) is 0. The molecule has 0 heterocycles. The topological polar surface area (TPSA) is 45.7 Å². The molecule has 0 saturated carbocycles. The minimum absolute atomic E-state index is 0.0243. The fourth-order valence-corrected chi connectivity index (χ4v) is 2.56. The van der Waals surface area contributed by atoms with Crippen molar-refractivity contribution in [1.82, 2.24) is 0 Å². The first-order valence-corrected chi connectivity index (χ1v) is 7.89. The van der Waals surface area contributed by atoms with Crippen molar-refractivity contribution in [2.45, 2.75) is 19.5 Å². The number of nitrogens with one attached hydrogen (secondary N) is 1. The third kappa shape index (κ3) is 3.96. The third-order valence-corrected chi connectivity index (χ3v) is 3.98. The Bertz CT molecular complexity index is 799. The van der Waals surface area contributed by atoms with E-state index in [-0.39, 0.29) is 11.9 Å². The van der Waals surface area contributed by atoms with Crippen molar-refractivity contribution < 1.29 is 10.1 Å². The van der Waals surface area contributed by atoms with Crippen molar-refractivity contribution in [3.63, 3.8) is 0 Å². The van der Waals surface area contributed by atoms with Crippen molar-refractivity contribution in [3.8, 4) is 0 Å². The number of anilines is 1. The highest BCUT2D eigenvalue weighted by atomic mass is 16.2. The Morgan fingerprint density at radius 3 is 2.43 bits per heavy atom. The zero-order valence-corrected chi connectivity index (χ0v) is 13.2. The molecule has 0 aliphatic rings. The normalized spacial score (nSPS) is 12.0. The van der Waals surface area contributed by atoms with Crippen LogP contribution in [0.5, 0.6) is 0 Å². The molecule has 0 radical (unpaired) electrons. The summed E-state index contributed by atoms with van der Waals surface area (Å²) in [5.74, 6) is 0.0243. The molecule has 3 aromatic rings. The second kappa shape index (κ2) is 7.07. The fourth-order valence-electron chi connectivity index (χ4n) is 2.56. The molecule has 23 heavy (non-hydrogen) atoms. The van der Waals surface area contributed by atoms with Crippen LogP contribution in [-0.2, 0) is 11.3 Å². The number of hydrogen-bond acceptors (Lipinski definition) is 1. The summed E-state index contributed by atoms with van der Waals surface area (Å²) >= 11 is 0. The minimum Gasteiger partial charge on any atom is -0.333 e. The smallest absolute Gasteiger partial charge is 0.282 e. The summed E-state index contributed by atoms with van der Waals surface area (Å²) in [6, 6.07) is 24.2. The molecule has 1 amide bonds. The van der Waals surface area contributed by atoms with Crippen LogP contribution in [0.3, 0.4) is 0 Å². The predicted molar refractivity (Wildman–Crippen MR) is 94.1 cm³/mol. The Balaban J connectivity index is 1.60. The molecule has 0 aliphatic heterocycles. The Morgan fingerprint density at radius 1 is 0.957 bits per heavy atom. The Labute approximate surface area is 136 Å². The number of carbonyl (C=O) groups is 1. The average Bonchev–Trinajstić information content (AvgIpc) is 2.60. The molecule has 0 spiro atoms. The maximum Gasteiger partial charge on any atom is 0.282 e. The van der Waals surface area contributed by atoms with Gasteiger partial charge >= 0.3 is 0 Å². The molecular formula is C20H21N2O+. The van der Waals surface area contributed by atoms with E-state index in [0.29, 0.717) is 0 Å². The van der Waals surface area contributed by atoms with Gasteiger partial charge in [-0.1, -0.05) is 60.7 Å². The molecule has 0 saturated heterocycles. The van der Waals surface area contributed by atoms with Gasteiger partial charge in [0.15, 0.2) is 6.04 Å². The SMILES string of the molecule is C[C@H]([NH2+]Cc1ccccc1)C(=O)Nc1ccc2ccccc2c1. The standard InChI is InChI=1S/C20H20N2O/c1-15(21-14-16-7-3-2-4-8-16)20(23)22-19-12-11-17-9-5-6-10-18(17)13-19/h2-13,15,21H,14H2,1H3,(H,22,23)/p+1/t15-/m0/s1. The average molecular weight is 305 g/mol. The third-order valence-electron chi connectivity index (χ3n) is 3.98. The largest absolute Gasteiger partial charge is 0.333 e. The van der Waals surface area contributed by atoms with Crippen molar-refractivity contribution in [2.75, 3.05) is 5.32 Å². The molecule has 0 aliphatic carbocycles. The maximum absolute atomic E-state index is 12.3. The number of rotatable bonds is 5. The van der Waals surface area contributed by atoms with Gasteiger partial charge in [-0.3, -0.25) is 4.79 Å². The van der Waals surface area contributed by atoms with Crippen LogP contribution in [0.2, 0.25) is 0 Å². The van der Waals surface area contributed by atoms with Gasteiger partial charge in [-0.25, -0.2) is 0 Å². The van der Waals surface area contributed by atoms with Crippen LogP contribution in [0.25, 0.3) is 10.8 Å². The summed E-state index contributed by atoms with van der Waals surface area (Å²) in [5, 5.41) is 7.35. The van der Waals surface area contributed by atoms with Crippen LogP contribution in [0, 0.1) is 0 Å². The van der Waals surface area contributed by atoms with Crippen molar-refractivity contribution >= 4 is 22.4 Å². The van der Waals surface area contributed by atoms with Gasteiger partial charge < -0.3 is 10.6 Å². The summed E-state index contributed by atoms with van der Waals surface area (Å²) in [4.78, 5) is 12.3. The van der Waals surface area contributed by atoms with E-state index < -0.39 is 0 Å². The van der Waals surface area contributed by atoms with Gasteiger partial charge in [0.2, 0.25) is 0 Å². The molecule has 3 heteroatoms. The molecule has 3 nitrogen and oxygen atoms in total. The van der Waals surface area contributed by atoms with Gasteiger partial charge in [0.05, 0.1) is 0 Å². The van der Waals surface area contributed by atoms with Gasteiger partial charge in [0.1, 0.15) is 6.54 Å². The number of fused-ring (bicyclic) bond motifs is 1. The first kappa shape index (κ1) is 15.3. The second-order valence-corrected chi connectivity index (χ2v) is 5.77. The highest BCUT2D eigenvalue weighted by Crippen LogP contribution is 2.18. The van der Waals surface area contributed by atoms with E-state index in [1.165, 1.54) is 10.9 Å². The molecule has 0 unspecified atom stereocenters. The van der Waals surface area contributed by atoms with Gasteiger partial charge in [-0.15, -0.1) is 0 Å². The lowest BCUT2D eigenvalue weighted by Crippen LogP contribution is -2.90. The van der Waals surface area contributed by atoms with Crippen LogP contribution < -0.4 is 10.6 Å². The second-order valence-electron chi connectivity index (χ2n) is 5.77. The molecule has 3 N–H and O–H groups in total. The zero-order valence-electron chi connectivity index (χ0n) is 13.2. The van der Waals surface area contributed by atoms with Gasteiger partial charge in [0.25, 0.3) is 5.91 Å². The molecule has 0 fully saturated rings. The molecule has 3 rings (SSSR count). The van der Waals surface area contributed by atoms with Crippen LogP contribution in [0.4, 0.5) is 5.69 Å². The van der Waals surface area contributed by atoms with E-state index in [0.717, 1.165) is 17.6 Å². The monoisotopic (exact) mass is 305 g/mol. The van der Waals surface area contributed by atoms with E-state index in [1.54, 1.807) is 0 Å². The number of nitrogens with two attached hydrogens (primary N) is 1. The summed E-state index contributed by atoms with van der Waals surface area (Å²) in [6.45, 7) is 2.73. The summed E-state index contributed by atoms with van der Waals surface area (Å²) in [6.07, 6.45) is 0. The summed E-state index contributed by atoms with van der Waals surface area (Å²) in [5.41, 5.74) is 2.06. The molecule has 1 atom stereocenters. The van der Waals surface area contributed by atoms with Crippen LogP contribution in [-0.4, -0.2) is 11.9 Å². The molecule has 0 aromatic heterocycles. The van der Waals surface area contributed by atoms with Crippen LogP contribution in [0.1, 0.15) is 12.5 Å². The van der Waals surface area contributed by atoms with E-state index in [1.807, 2.05) is 60.8 Å². The van der Waals surface area contributed by atoms with Gasteiger partial charge in [-0.05, 0) is 29.8 Å². The molecule has 0 bridgehead atoms. The first-order valence-electron chi connectivity index (χ1n) is 7.89. The number of amides is 1. The number of carbonyl (C=O) groups excluding carboxylic acids is 1. The Hall–Kier alpha value is -2.65. The van der Waals surface area contributed by atoms with Crippen molar-refractivity contribution in [1.29, 1.82) is 0 Å². The lowest BCUT2D eigenvalue weighted by Gasteiger charge is -2.12. The number of quaternary nitrogens is 1. The van der Waals surface area contributed by atoms with E-state index in [4.69, 9.17) is 0 Å². The number of benzene rings is 3. The van der Waals surface area contributed by atoms with Crippen molar-refractivity contribution in [3.05, 3.63) is 78.4 Å². The van der Waals surface area contributed by atoms with Gasteiger partial charge in [0, 0.05) is 11.3 Å². The van der Waals surface area contributed by atoms with Gasteiger partial charge in [-0.2, -0.15) is 0 Å². The quantitative estimate of drug-likeness (QED) is 0.748. The zero-order chi connectivity index (χ0) is 16.1. The molecule has 3 aromatic carbocycles. The lowest BCUT2D eigenvalue weighted by molar-refractivity contribution is -0.688. The van der Waals surface area contributed by atoms with Crippen LogP contribution in [0.15, 0.2) is 72.8 Å². The Morgan fingerprint density at radius 2 is 1.65 bits per heavy atom. The fraction of sp³-hybridized carbons (Fsp3) is 0.150. The highest BCUT2D eigenvalue weighted by molar-refractivity contribution is 5.96. The lowest BCUT2D eigenvalue weighted by atomic mass is 10.1. The van der Waals surface area contributed by atoms with E-state index in [9.17, 15) is 4.79 Å². The Kier molecular flexibility index (Phi) is 4.69. The predicted octanol–water partition coefficient (Wildman–Crippen LogP) is 2.93. The number of hydrogen-bond donors (Lipinski definition) is 2. The first-order chi connectivity index (χ1) is 11.2. The van der Waals surface area contributed by atoms with E-state index >= 15 is 0 Å². The molecule has 116 valence electrons. The highest BCUT2D eigenvalue weighted by Gasteiger charge is 2.16. The summed E-state index contributed by atoms with van der Waals surface area (Å²) < 4.78 is 0. The van der Waals surface area contributed by atoms with Crippen LogP contribution >= 0.6 is 0 Å². The minimum atomic E-state index is -0.137. The van der Waals surface area contributed by atoms with E-state index in [2.05, 4.69) is 29.6 Å². The maximum atomic E-state index is 12.3. The van der Waals surface area contributed by atoms with Crippen molar-refractivity contribution in [2.24, 2.45) is 0 Å². The molecular weight excluding hydrogens is 284 g/mol.